The zero-order chi connectivity index (χ0) is 20.3. The summed E-state index contributed by atoms with van der Waals surface area (Å²) in [6.07, 6.45) is 1.80. The van der Waals surface area contributed by atoms with Crippen molar-refractivity contribution in [2.24, 2.45) is 5.41 Å². The third kappa shape index (κ3) is 4.82. The van der Waals surface area contributed by atoms with Crippen LogP contribution in [0.25, 0.3) is 0 Å². The van der Waals surface area contributed by atoms with Crippen molar-refractivity contribution < 1.29 is 14.4 Å². The van der Waals surface area contributed by atoms with Crippen LogP contribution in [0.4, 0.5) is 4.79 Å². The largest absolute Gasteiger partial charge is 0.352 e. The van der Waals surface area contributed by atoms with Crippen LogP contribution in [0.3, 0.4) is 0 Å². The number of urea groups is 1. The Bertz CT molecular complexity index is 739. The number of nitrogens with one attached hydrogen (secondary N) is 2. The number of carbonyl (C=O) groups is 3. The first-order valence-corrected chi connectivity index (χ1v) is 9.96. The summed E-state index contributed by atoms with van der Waals surface area (Å²) in [4.78, 5) is 40.7. The molecule has 4 amide bonds. The van der Waals surface area contributed by atoms with Gasteiger partial charge in [-0.3, -0.25) is 9.59 Å². The number of benzene rings is 1. The molecule has 0 aliphatic carbocycles. The van der Waals surface area contributed by atoms with Crippen molar-refractivity contribution in [1.29, 1.82) is 0 Å². The third-order valence-corrected chi connectivity index (χ3v) is 5.19. The van der Waals surface area contributed by atoms with E-state index >= 15 is 0 Å². The Hall–Kier alpha value is -2.57. The molecule has 1 atom stereocenters. The minimum Gasteiger partial charge on any atom is -0.352 e. The Balaban J connectivity index is 1.61. The van der Waals surface area contributed by atoms with Crippen molar-refractivity contribution in [2.45, 2.75) is 39.7 Å². The second kappa shape index (κ2) is 8.20. The molecule has 0 radical (unpaired) electrons. The summed E-state index contributed by atoms with van der Waals surface area (Å²) in [5.74, 6) is -0.182. The van der Waals surface area contributed by atoms with E-state index in [1.54, 1.807) is 24.3 Å². The second-order valence-corrected chi connectivity index (χ2v) is 8.79. The van der Waals surface area contributed by atoms with E-state index in [4.69, 9.17) is 0 Å². The van der Waals surface area contributed by atoms with Gasteiger partial charge in [0.25, 0.3) is 11.8 Å². The first-order valence-electron chi connectivity index (χ1n) is 9.96. The highest BCUT2D eigenvalue weighted by Gasteiger charge is 2.33. The predicted octanol–water partition coefficient (Wildman–Crippen LogP) is 2.09. The van der Waals surface area contributed by atoms with Crippen molar-refractivity contribution in [3.63, 3.8) is 0 Å². The summed E-state index contributed by atoms with van der Waals surface area (Å²) < 4.78 is 0. The molecule has 7 heteroatoms. The molecular weight excluding hydrogens is 356 g/mol. The zero-order valence-electron chi connectivity index (χ0n) is 17.0. The maximum absolute atomic E-state index is 12.9. The number of amides is 4. The van der Waals surface area contributed by atoms with E-state index in [2.05, 4.69) is 31.4 Å². The van der Waals surface area contributed by atoms with Gasteiger partial charge in [-0.2, -0.15) is 0 Å². The van der Waals surface area contributed by atoms with Crippen LogP contribution in [0.2, 0.25) is 0 Å². The zero-order valence-corrected chi connectivity index (χ0v) is 17.0. The molecular formula is C21H30N4O3. The third-order valence-electron chi connectivity index (χ3n) is 5.19. The first kappa shape index (κ1) is 20.2. The van der Waals surface area contributed by atoms with Gasteiger partial charge in [-0.05, 0) is 42.5 Å². The molecule has 2 saturated heterocycles. The van der Waals surface area contributed by atoms with E-state index in [9.17, 15) is 14.4 Å². The fourth-order valence-electron chi connectivity index (χ4n) is 3.62. The molecule has 0 spiro atoms. The number of hydrogen-bond donors (Lipinski definition) is 2. The lowest BCUT2D eigenvalue weighted by atomic mass is 9.97. The monoisotopic (exact) mass is 386 g/mol. The average Bonchev–Trinajstić information content (AvgIpc) is 3.11. The maximum atomic E-state index is 12.9. The molecule has 1 unspecified atom stereocenters. The Labute approximate surface area is 166 Å². The van der Waals surface area contributed by atoms with Gasteiger partial charge in [0.15, 0.2) is 0 Å². The van der Waals surface area contributed by atoms with E-state index in [1.165, 1.54) is 0 Å². The van der Waals surface area contributed by atoms with Crippen molar-refractivity contribution in [2.75, 3.05) is 32.7 Å². The van der Waals surface area contributed by atoms with Crippen LogP contribution in [-0.2, 0) is 0 Å². The molecule has 0 saturated carbocycles. The van der Waals surface area contributed by atoms with Crippen molar-refractivity contribution >= 4 is 17.8 Å². The van der Waals surface area contributed by atoms with Gasteiger partial charge in [-0.1, -0.05) is 20.8 Å². The van der Waals surface area contributed by atoms with Crippen LogP contribution < -0.4 is 10.6 Å². The fourth-order valence-corrected chi connectivity index (χ4v) is 3.62. The average molecular weight is 386 g/mol. The first-order chi connectivity index (χ1) is 13.2. The highest BCUT2D eigenvalue weighted by atomic mass is 16.2. The van der Waals surface area contributed by atoms with Crippen LogP contribution in [0.15, 0.2) is 24.3 Å². The highest BCUT2D eigenvalue weighted by molar-refractivity contribution is 5.98. The van der Waals surface area contributed by atoms with E-state index in [1.807, 2.05) is 9.80 Å². The summed E-state index contributed by atoms with van der Waals surface area (Å²) in [6.45, 7) is 9.39. The Morgan fingerprint density at radius 2 is 1.82 bits per heavy atom. The summed E-state index contributed by atoms with van der Waals surface area (Å²) >= 11 is 0. The molecule has 2 N–H and O–H groups in total. The number of likely N-dealkylation sites (tertiary alicyclic amines) is 1. The van der Waals surface area contributed by atoms with Crippen LogP contribution in [-0.4, -0.2) is 66.4 Å². The predicted molar refractivity (Wildman–Crippen MR) is 107 cm³/mol. The maximum Gasteiger partial charge on any atom is 0.317 e. The summed E-state index contributed by atoms with van der Waals surface area (Å²) in [6, 6.07) is 6.84. The number of carbonyl (C=O) groups excluding carboxylic acids is 3. The molecule has 3 rings (SSSR count). The van der Waals surface area contributed by atoms with E-state index in [0.717, 1.165) is 12.8 Å². The Kier molecular flexibility index (Phi) is 5.91. The smallest absolute Gasteiger partial charge is 0.317 e. The Morgan fingerprint density at radius 1 is 1.14 bits per heavy atom. The highest BCUT2D eigenvalue weighted by Crippen LogP contribution is 2.20. The van der Waals surface area contributed by atoms with Gasteiger partial charge in [0, 0.05) is 43.9 Å². The standard InChI is InChI=1S/C21H30N4O3/c1-21(2,3)14-23-18(26)15-6-8-16(9-7-15)19(27)24-11-4-5-17(13-24)25-12-10-22-20(25)28/h6-9,17H,4-5,10-14H2,1-3H3,(H,22,28)(H,23,26). The quantitative estimate of drug-likeness (QED) is 0.831. The van der Waals surface area contributed by atoms with Gasteiger partial charge in [0.1, 0.15) is 0 Å². The lowest BCUT2D eigenvalue weighted by Crippen LogP contribution is -2.50. The van der Waals surface area contributed by atoms with Crippen molar-refractivity contribution in [3.8, 4) is 0 Å². The number of rotatable bonds is 4. The molecule has 1 aromatic carbocycles. The summed E-state index contributed by atoms with van der Waals surface area (Å²) in [5.41, 5.74) is 1.13. The van der Waals surface area contributed by atoms with Crippen LogP contribution >= 0.6 is 0 Å². The van der Waals surface area contributed by atoms with Gasteiger partial charge < -0.3 is 20.4 Å². The molecule has 2 aliphatic heterocycles. The van der Waals surface area contributed by atoms with Crippen LogP contribution in [0.5, 0.6) is 0 Å². The lowest BCUT2D eigenvalue weighted by molar-refractivity contribution is 0.0634. The molecule has 7 nitrogen and oxygen atoms in total. The van der Waals surface area contributed by atoms with E-state index in [-0.39, 0.29) is 29.3 Å². The van der Waals surface area contributed by atoms with E-state index in [0.29, 0.717) is 43.9 Å². The van der Waals surface area contributed by atoms with E-state index < -0.39 is 0 Å². The van der Waals surface area contributed by atoms with Crippen molar-refractivity contribution in [3.05, 3.63) is 35.4 Å². The molecule has 28 heavy (non-hydrogen) atoms. The van der Waals surface area contributed by atoms with Crippen molar-refractivity contribution in [1.82, 2.24) is 20.4 Å². The number of hydrogen-bond acceptors (Lipinski definition) is 3. The van der Waals surface area contributed by atoms with Gasteiger partial charge in [0.05, 0.1) is 6.04 Å². The SMILES string of the molecule is CC(C)(C)CNC(=O)c1ccc(C(=O)N2CCCC(N3CCNC3=O)C2)cc1. The number of nitrogens with zero attached hydrogens (tertiary/aromatic N) is 2. The molecule has 152 valence electrons. The lowest BCUT2D eigenvalue weighted by Gasteiger charge is -2.37. The fraction of sp³-hybridized carbons (Fsp3) is 0.571. The normalized spacial score (nSPS) is 20.1. The van der Waals surface area contributed by atoms with Gasteiger partial charge in [0.2, 0.25) is 0 Å². The van der Waals surface area contributed by atoms with Crippen LogP contribution in [0.1, 0.15) is 54.3 Å². The Morgan fingerprint density at radius 3 is 2.43 bits per heavy atom. The molecule has 2 heterocycles. The molecule has 2 fully saturated rings. The second-order valence-electron chi connectivity index (χ2n) is 8.79. The minimum absolute atomic E-state index is 0.0165. The topological polar surface area (TPSA) is 81.8 Å². The van der Waals surface area contributed by atoms with Gasteiger partial charge in [-0.15, -0.1) is 0 Å². The molecule has 2 aliphatic rings. The summed E-state index contributed by atoms with van der Waals surface area (Å²) in [7, 11) is 0. The number of piperidine rings is 1. The van der Waals surface area contributed by atoms with Crippen LogP contribution in [0, 0.1) is 5.41 Å². The van der Waals surface area contributed by atoms with Gasteiger partial charge in [-0.25, -0.2) is 4.79 Å². The summed E-state index contributed by atoms with van der Waals surface area (Å²) in [5, 5.41) is 5.74. The molecule has 0 bridgehead atoms. The van der Waals surface area contributed by atoms with Gasteiger partial charge >= 0.3 is 6.03 Å². The molecule has 1 aromatic rings. The minimum atomic E-state index is -0.132. The molecule has 0 aromatic heterocycles.